The molecule has 0 saturated heterocycles. The summed E-state index contributed by atoms with van der Waals surface area (Å²) in [6.45, 7) is 1.74. The first-order valence-corrected chi connectivity index (χ1v) is 5.77. The van der Waals surface area contributed by atoms with Crippen molar-refractivity contribution in [2.24, 2.45) is 0 Å². The Bertz CT molecular complexity index is 284. The van der Waals surface area contributed by atoms with Crippen molar-refractivity contribution >= 4 is 11.3 Å². The highest BCUT2D eigenvalue weighted by atomic mass is 32.1. The Hall–Kier alpha value is -0.870. The number of thiazole rings is 1. The standard InChI is InChI=1S/C10H14N2OS/c1-2-4-13-10(3-1)6-11-5-9-7-14-8-12-9/h2,4,7-8,10-11H,1,3,5-6H2. The Morgan fingerprint density at radius 2 is 2.64 bits per heavy atom. The third-order valence-corrected chi connectivity index (χ3v) is 2.82. The molecule has 0 amide bonds. The van der Waals surface area contributed by atoms with Gasteiger partial charge in [0.05, 0.1) is 17.5 Å². The van der Waals surface area contributed by atoms with Crippen LogP contribution in [0.25, 0.3) is 0 Å². The molecule has 3 nitrogen and oxygen atoms in total. The molecule has 1 atom stereocenters. The van der Waals surface area contributed by atoms with Gasteiger partial charge in [-0.2, -0.15) is 0 Å². The van der Waals surface area contributed by atoms with Crippen molar-refractivity contribution in [3.05, 3.63) is 28.9 Å². The van der Waals surface area contributed by atoms with Crippen molar-refractivity contribution in [1.29, 1.82) is 0 Å². The fraction of sp³-hybridized carbons (Fsp3) is 0.500. The second-order valence-electron chi connectivity index (χ2n) is 3.32. The molecular formula is C10H14N2OS. The van der Waals surface area contributed by atoms with E-state index in [4.69, 9.17) is 4.74 Å². The van der Waals surface area contributed by atoms with Crippen LogP contribution in [-0.4, -0.2) is 17.6 Å². The predicted molar refractivity (Wildman–Crippen MR) is 57.1 cm³/mol. The zero-order valence-corrected chi connectivity index (χ0v) is 8.80. The fourth-order valence-electron chi connectivity index (χ4n) is 1.42. The Morgan fingerprint density at radius 1 is 1.64 bits per heavy atom. The Labute approximate surface area is 87.8 Å². The van der Waals surface area contributed by atoms with Crippen molar-refractivity contribution < 1.29 is 4.74 Å². The van der Waals surface area contributed by atoms with E-state index in [2.05, 4.69) is 21.8 Å². The predicted octanol–water partition coefficient (Wildman–Crippen LogP) is 1.93. The highest BCUT2D eigenvalue weighted by molar-refractivity contribution is 7.07. The van der Waals surface area contributed by atoms with Gasteiger partial charge in [-0.15, -0.1) is 11.3 Å². The molecule has 2 heterocycles. The van der Waals surface area contributed by atoms with Crippen LogP contribution in [0.1, 0.15) is 18.5 Å². The third-order valence-electron chi connectivity index (χ3n) is 2.18. The normalized spacial score (nSPS) is 20.7. The largest absolute Gasteiger partial charge is 0.497 e. The molecule has 0 radical (unpaired) electrons. The Balaban J connectivity index is 1.65. The summed E-state index contributed by atoms with van der Waals surface area (Å²) < 4.78 is 5.44. The van der Waals surface area contributed by atoms with Gasteiger partial charge in [-0.25, -0.2) is 4.98 Å². The first kappa shape index (κ1) is 9.68. The summed E-state index contributed by atoms with van der Waals surface area (Å²) in [5.74, 6) is 0. The molecule has 14 heavy (non-hydrogen) atoms. The number of hydrogen-bond donors (Lipinski definition) is 1. The Morgan fingerprint density at radius 3 is 3.36 bits per heavy atom. The molecule has 1 aliphatic rings. The summed E-state index contributed by atoms with van der Waals surface area (Å²) in [5, 5.41) is 5.41. The van der Waals surface area contributed by atoms with E-state index < -0.39 is 0 Å². The molecule has 1 unspecified atom stereocenters. The summed E-state index contributed by atoms with van der Waals surface area (Å²) in [4.78, 5) is 4.20. The number of ether oxygens (including phenoxy) is 1. The molecule has 1 aromatic rings. The SMILES string of the molecule is C1=COC(CNCc2cscn2)CC1. The molecule has 1 aliphatic heterocycles. The van der Waals surface area contributed by atoms with Gasteiger partial charge in [0.2, 0.25) is 0 Å². The van der Waals surface area contributed by atoms with Crippen LogP contribution in [0.2, 0.25) is 0 Å². The molecular weight excluding hydrogens is 196 g/mol. The van der Waals surface area contributed by atoms with Crippen molar-refractivity contribution in [3.8, 4) is 0 Å². The number of rotatable bonds is 4. The van der Waals surface area contributed by atoms with Crippen LogP contribution < -0.4 is 5.32 Å². The highest BCUT2D eigenvalue weighted by Gasteiger charge is 2.09. The summed E-state index contributed by atoms with van der Waals surface area (Å²) in [5.41, 5.74) is 2.97. The van der Waals surface area contributed by atoms with E-state index in [0.29, 0.717) is 6.10 Å². The van der Waals surface area contributed by atoms with Gasteiger partial charge in [-0.05, 0) is 18.9 Å². The van der Waals surface area contributed by atoms with Crippen molar-refractivity contribution in [2.45, 2.75) is 25.5 Å². The van der Waals surface area contributed by atoms with Crippen LogP contribution in [0.15, 0.2) is 23.2 Å². The minimum absolute atomic E-state index is 0.332. The van der Waals surface area contributed by atoms with Crippen LogP contribution in [0, 0.1) is 0 Å². The molecule has 0 aromatic carbocycles. The first-order chi connectivity index (χ1) is 6.95. The molecule has 0 spiro atoms. The smallest absolute Gasteiger partial charge is 0.110 e. The minimum atomic E-state index is 0.332. The molecule has 0 aliphatic carbocycles. The molecule has 2 rings (SSSR count). The van der Waals surface area contributed by atoms with Crippen LogP contribution >= 0.6 is 11.3 Å². The van der Waals surface area contributed by atoms with Gasteiger partial charge in [-0.3, -0.25) is 0 Å². The van der Waals surface area contributed by atoms with E-state index in [9.17, 15) is 0 Å². The number of aromatic nitrogens is 1. The summed E-state index contributed by atoms with van der Waals surface area (Å²) in [6.07, 6.45) is 6.44. The van der Waals surface area contributed by atoms with Gasteiger partial charge in [0, 0.05) is 18.5 Å². The molecule has 0 bridgehead atoms. The van der Waals surface area contributed by atoms with E-state index in [0.717, 1.165) is 31.6 Å². The van der Waals surface area contributed by atoms with Crippen molar-refractivity contribution in [2.75, 3.05) is 6.54 Å². The zero-order chi connectivity index (χ0) is 9.64. The van der Waals surface area contributed by atoms with E-state index >= 15 is 0 Å². The molecule has 0 fully saturated rings. The van der Waals surface area contributed by atoms with Gasteiger partial charge in [0.1, 0.15) is 6.10 Å². The van der Waals surface area contributed by atoms with Crippen molar-refractivity contribution in [3.63, 3.8) is 0 Å². The lowest BCUT2D eigenvalue weighted by Gasteiger charge is -2.19. The van der Waals surface area contributed by atoms with Gasteiger partial charge < -0.3 is 10.1 Å². The lowest BCUT2D eigenvalue weighted by Crippen LogP contribution is -2.28. The van der Waals surface area contributed by atoms with E-state index in [-0.39, 0.29) is 0 Å². The second kappa shape index (κ2) is 5.12. The van der Waals surface area contributed by atoms with E-state index in [1.54, 1.807) is 17.6 Å². The molecule has 1 N–H and O–H groups in total. The number of nitrogens with zero attached hydrogens (tertiary/aromatic N) is 1. The zero-order valence-electron chi connectivity index (χ0n) is 7.98. The number of nitrogens with one attached hydrogen (secondary N) is 1. The third kappa shape index (κ3) is 2.82. The summed E-state index contributed by atoms with van der Waals surface area (Å²) in [6, 6.07) is 0. The molecule has 1 aromatic heterocycles. The fourth-order valence-corrected chi connectivity index (χ4v) is 1.98. The van der Waals surface area contributed by atoms with E-state index in [1.165, 1.54) is 0 Å². The molecule has 0 saturated carbocycles. The maximum atomic E-state index is 5.44. The molecule has 4 heteroatoms. The highest BCUT2D eigenvalue weighted by Crippen LogP contribution is 2.09. The average Bonchev–Trinajstić information content (AvgIpc) is 2.72. The van der Waals surface area contributed by atoms with Crippen LogP contribution in [-0.2, 0) is 11.3 Å². The number of hydrogen-bond acceptors (Lipinski definition) is 4. The maximum Gasteiger partial charge on any atom is 0.110 e. The van der Waals surface area contributed by atoms with Gasteiger partial charge in [-0.1, -0.05) is 0 Å². The average molecular weight is 210 g/mol. The van der Waals surface area contributed by atoms with Crippen LogP contribution in [0.5, 0.6) is 0 Å². The monoisotopic (exact) mass is 210 g/mol. The first-order valence-electron chi connectivity index (χ1n) is 4.83. The lowest BCUT2D eigenvalue weighted by molar-refractivity contribution is 0.122. The molecule has 76 valence electrons. The lowest BCUT2D eigenvalue weighted by atomic mass is 10.1. The number of allylic oxidation sites excluding steroid dienone is 1. The van der Waals surface area contributed by atoms with Gasteiger partial charge >= 0.3 is 0 Å². The van der Waals surface area contributed by atoms with Gasteiger partial charge in [0.25, 0.3) is 0 Å². The second-order valence-corrected chi connectivity index (χ2v) is 4.04. The van der Waals surface area contributed by atoms with Crippen LogP contribution in [0.4, 0.5) is 0 Å². The minimum Gasteiger partial charge on any atom is -0.497 e. The van der Waals surface area contributed by atoms with Crippen LogP contribution in [0.3, 0.4) is 0 Å². The maximum absolute atomic E-state index is 5.44. The topological polar surface area (TPSA) is 34.1 Å². The van der Waals surface area contributed by atoms with E-state index in [1.807, 2.05) is 5.51 Å². The van der Waals surface area contributed by atoms with Crippen molar-refractivity contribution in [1.82, 2.24) is 10.3 Å². The quantitative estimate of drug-likeness (QED) is 0.824. The summed E-state index contributed by atoms with van der Waals surface area (Å²) >= 11 is 1.63. The Kier molecular flexibility index (Phi) is 3.54. The summed E-state index contributed by atoms with van der Waals surface area (Å²) in [7, 11) is 0. The van der Waals surface area contributed by atoms with Gasteiger partial charge in [0.15, 0.2) is 0 Å².